The second-order valence-electron chi connectivity index (χ2n) is 4.18. The molecule has 96 valence electrons. The number of hydrogen-bond donors (Lipinski definition) is 2. The van der Waals surface area contributed by atoms with E-state index in [9.17, 15) is 0 Å². The zero-order valence-electron chi connectivity index (χ0n) is 10.2. The second kappa shape index (κ2) is 6.18. The van der Waals surface area contributed by atoms with Crippen molar-refractivity contribution in [3.05, 3.63) is 44.9 Å². The van der Waals surface area contributed by atoms with Crippen LogP contribution in [0.15, 0.2) is 23.6 Å². The molecular formula is C13H16ClN3S. The van der Waals surface area contributed by atoms with Crippen LogP contribution < -0.4 is 11.1 Å². The Bertz CT molecular complexity index is 504. The molecule has 0 radical (unpaired) electrons. The maximum atomic E-state index is 5.95. The Labute approximate surface area is 116 Å². The zero-order chi connectivity index (χ0) is 13.0. The minimum atomic E-state index is 0.682. The lowest BCUT2D eigenvalue weighted by atomic mass is 10.2. The van der Waals surface area contributed by atoms with Crippen molar-refractivity contribution in [3.8, 4) is 0 Å². The van der Waals surface area contributed by atoms with Crippen LogP contribution in [0.5, 0.6) is 0 Å². The number of anilines is 1. The van der Waals surface area contributed by atoms with Crippen molar-refractivity contribution in [2.24, 2.45) is 0 Å². The number of nitrogens with two attached hydrogens (primary N) is 1. The summed E-state index contributed by atoms with van der Waals surface area (Å²) in [7, 11) is 0. The topological polar surface area (TPSA) is 50.9 Å². The number of nitrogen functional groups attached to an aromatic ring is 1. The van der Waals surface area contributed by atoms with Gasteiger partial charge in [-0.3, -0.25) is 0 Å². The molecule has 0 atom stereocenters. The van der Waals surface area contributed by atoms with Crippen molar-refractivity contribution in [2.45, 2.75) is 19.9 Å². The number of hydrogen-bond acceptors (Lipinski definition) is 4. The molecule has 2 rings (SSSR count). The third kappa shape index (κ3) is 3.98. The molecule has 0 aliphatic heterocycles. The van der Waals surface area contributed by atoms with Gasteiger partial charge in [-0.25, -0.2) is 4.98 Å². The molecule has 0 aliphatic carbocycles. The standard InChI is InChI=1S/C13H16ClN3S/c1-9-17-13(8-18-9)2-3-16-7-10-4-11(14)6-12(15)5-10/h4-6,8,16H,2-3,7,15H2,1H3. The molecule has 0 saturated carbocycles. The Kier molecular flexibility index (Phi) is 4.58. The summed E-state index contributed by atoms with van der Waals surface area (Å²) in [5.41, 5.74) is 8.69. The van der Waals surface area contributed by atoms with Gasteiger partial charge in [-0.05, 0) is 30.7 Å². The molecule has 0 unspecified atom stereocenters. The van der Waals surface area contributed by atoms with Gasteiger partial charge in [0, 0.05) is 35.6 Å². The lowest BCUT2D eigenvalue weighted by molar-refractivity contribution is 0.681. The smallest absolute Gasteiger partial charge is 0.0897 e. The van der Waals surface area contributed by atoms with E-state index >= 15 is 0 Å². The summed E-state index contributed by atoms with van der Waals surface area (Å²) in [6, 6.07) is 5.62. The monoisotopic (exact) mass is 281 g/mol. The summed E-state index contributed by atoms with van der Waals surface area (Å²) in [5, 5.41) is 7.27. The molecule has 0 spiro atoms. The summed E-state index contributed by atoms with van der Waals surface area (Å²) < 4.78 is 0. The summed E-state index contributed by atoms with van der Waals surface area (Å²) in [6.45, 7) is 3.69. The Balaban J connectivity index is 1.78. The van der Waals surface area contributed by atoms with Crippen LogP contribution in [0.1, 0.15) is 16.3 Å². The van der Waals surface area contributed by atoms with Gasteiger partial charge in [0.2, 0.25) is 0 Å². The van der Waals surface area contributed by atoms with Gasteiger partial charge in [0.05, 0.1) is 10.7 Å². The molecule has 18 heavy (non-hydrogen) atoms. The quantitative estimate of drug-likeness (QED) is 0.654. The Morgan fingerprint density at radius 3 is 2.89 bits per heavy atom. The summed E-state index contributed by atoms with van der Waals surface area (Å²) in [5.74, 6) is 0. The van der Waals surface area contributed by atoms with Crippen LogP contribution in [-0.2, 0) is 13.0 Å². The molecule has 0 amide bonds. The van der Waals surface area contributed by atoms with Gasteiger partial charge in [-0.15, -0.1) is 11.3 Å². The fourth-order valence-corrected chi connectivity index (χ4v) is 2.66. The molecule has 1 heterocycles. The Hall–Kier alpha value is -1.10. The average Bonchev–Trinajstić information content (AvgIpc) is 2.69. The van der Waals surface area contributed by atoms with Crippen LogP contribution in [0.2, 0.25) is 5.02 Å². The number of halogens is 1. The van der Waals surface area contributed by atoms with Crippen LogP contribution in [0, 0.1) is 6.92 Å². The first-order valence-electron chi connectivity index (χ1n) is 5.80. The molecule has 0 bridgehead atoms. The van der Waals surface area contributed by atoms with Crippen LogP contribution >= 0.6 is 22.9 Å². The number of nitrogens with zero attached hydrogens (tertiary/aromatic N) is 1. The van der Waals surface area contributed by atoms with E-state index in [4.69, 9.17) is 17.3 Å². The summed E-state index contributed by atoms with van der Waals surface area (Å²) in [4.78, 5) is 4.42. The third-order valence-corrected chi connectivity index (χ3v) is 3.57. The van der Waals surface area contributed by atoms with E-state index in [0.717, 1.165) is 35.8 Å². The summed E-state index contributed by atoms with van der Waals surface area (Å²) >= 11 is 7.64. The molecule has 0 saturated heterocycles. The van der Waals surface area contributed by atoms with Crippen LogP contribution in [0.25, 0.3) is 0 Å². The summed E-state index contributed by atoms with van der Waals surface area (Å²) in [6.07, 6.45) is 0.945. The molecule has 3 N–H and O–H groups in total. The number of rotatable bonds is 5. The van der Waals surface area contributed by atoms with E-state index in [0.29, 0.717) is 10.7 Å². The largest absolute Gasteiger partial charge is 0.399 e. The normalized spacial score (nSPS) is 10.8. The van der Waals surface area contributed by atoms with Crippen molar-refractivity contribution in [1.82, 2.24) is 10.3 Å². The highest BCUT2D eigenvalue weighted by molar-refractivity contribution is 7.09. The average molecular weight is 282 g/mol. The minimum absolute atomic E-state index is 0.682. The SMILES string of the molecule is Cc1nc(CCNCc2cc(N)cc(Cl)c2)cs1. The first-order valence-corrected chi connectivity index (χ1v) is 7.06. The third-order valence-electron chi connectivity index (χ3n) is 2.53. The number of nitrogens with one attached hydrogen (secondary N) is 1. The number of aryl methyl sites for hydroxylation is 1. The first-order chi connectivity index (χ1) is 8.63. The van der Waals surface area contributed by atoms with Crippen molar-refractivity contribution < 1.29 is 0 Å². The Morgan fingerprint density at radius 1 is 1.39 bits per heavy atom. The number of benzene rings is 1. The molecule has 3 nitrogen and oxygen atoms in total. The van der Waals surface area contributed by atoms with E-state index in [2.05, 4.69) is 15.7 Å². The van der Waals surface area contributed by atoms with Gasteiger partial charge in [0.15, 0.2) is 0 Å². The van der Waals surface area contributed by atoms with Crippen molar-refractivity contribution in [2.75, 3.05) is 12.3 Å². The van der Waals surface area contributed by atoms with Crippen LogP contribution in [0.4, 0.5) is 5.69 Å². The highest BCUT2D eigenvalue weighted by Gasteiger charge is 1.99. The van der Waals surface area contributed by atoms with Crippen LogP contribution in [-0.4, -0.2) is 11.5 Å². The van der Waals surface area contributed by atoms with Crippen molar-refractivity contribution in [1.29, 1.82) is 0 Å². The molecular weight excluding hydrogens is 266 g/mol. The lowest BCUT2D eigenvalue weighted by Gasteiger charge is -2.05. The van der Waals surface area contributed by atoms with E-state index in [1.165, 1.54) is 0 Å². The van der Waals surface area contributed by atoms with Gasteiger partial charge < -0.3 is 11.1 Å². The molecule has 0 aliphatic rings. The predicted molar refractivity (Wildman–Crippen MR) is 78.1 cm³/mol. The van der Waals surface area contributed by atoms with Crippen molar-refractivity contribution in [3.63, 3.8) is 0 Å². The highest BCUT2D eigenvalue weighted by Crippen LogP contribution is 2.16. The lowest BCUT2D eigenvalue weighted by Crippen LogP contribution is -2.16. The number of thiazole rings is 1. The molecule has 0 fully saturated rings. The van der Waals surface area contributed by atoms with Crippen molar-refractivity contribution >= 4 is 28.6 Å². The molecule has 1 aromatic carbocycles. The maximum Gasteiger partial charge on any atom is 0.0897 e. The van der Waals surface area contributed by atoms with E-state index < -0.39 is 0 Å². The molecule has 2 aromatic rings. The molecule has 1 aromatic heterocycles. The van der Waals surface area contributed by atoms with E-state index in [-0.39, 0.29) is 0 Å². The fourth-order valence-electron chi connectivity index (χ4n) is 1.75. The van der Waals surface area contributed by atoms with Gasteiger partial charge >= 0.3 is 0 Å². The van der Waals surface area contributed by atoms with Crippen LogP contribution in [0.3, 0.4) is 0 Å². The Morgan fingerprint density at radius 2 is 2.22 bits per heavy atom. The predicted octanol–water partition coefficient (Wildman–Crippen LogP) is 3.02. The van der Waals surface area contributed by atoms with E-state index in [1.54, 1.807) is 17.4 Å². The van der Waals surface area contributed by atoms with Gasteiger partial charge in [-0.1, -0.05) is 11.6 Å². The number of aromatic nitrogens is 1. The maximum absolute atomic E-state index is 5.95. The molecule has 5 heteroatoms. The zero-order valence-corrected chi connectivity index (χ0v) is 11.8. The fraction of sp³-hybridized carbons (Fsp3) is 0.308. The van der Waals surface area contributed by atoms with Gasteiger partial charge in [-0.2, -0.15) is 0 Å². The van der Waals surface area contributed by atoms with Gasteiger partial charge in [0.1, 0.15) is 0 Å². The minimum Gasteiger partial charge on any atom is -0.399 e. The van der Waals surface area contributed by atoms with Gasteiger partial charge in [0.25, 0.3) is 0 Å². The first kappa shape index (κ1) is 13.3. The second-order valence-corrected chi connectivity index (χ2v) is 5.68. The van der Waals surface area contributed by atoms with E-state index in [1.807, 2.05) is 19.1 Å². The highest BCUT2D eigenvalue weighted by atomic mass is 35.5.